The Bertz CT molecular complexity index is 329. The van der Waals surface area contributed by atoms with Crippen molar-refractivity contribution in [1.29, 1.82) is 0 Å². The molecular formula is C11H13Br2NO. The molecule has 0 unspecified atom stereocenters. The molecule has 0 radical (unpaired) electrons. The van der Waals surface area contributed by atoms with Crippen LogP contribution in [-0.4, -0.2) is 11.7 Å². The number of nitrogens with one attached hydrogen (secondary N) is 1. The summed E-state index contributed by atoms with van der Waals surface area (Å²) in [6, 6.07) is 3.81. The second-order valence-electron chi connectivity index (χ2n) is 3.16. The summed E-state index contributed by atoms with van der Waals surface area (Å²) >= 11 is 6.59. The van der Waals surface area contributed by atoms with Crippen LogP contribution in [-0.2, 0) is 6.54 Å². The minimum Gasteiger partial charge on any atom is -0.506 e. The summed E-state index contributed by atoms with van der Waals surface area (Å²) in [5, 5.41) is 12.8. The normalized spacial score (nSPS) is 10.3. The molecule has 0 aromatic heterocycles. The smallest absolute Gasteiger partial charge is 0.143 e. The van der Waals surface area contributed by atoms with Crippen LogP contribution in [0.15, 0.2) is 33.7 Å². The monoisotopic (exact) mass is 333 g/mol. The Balaban J connectivity index is 2.58. The number of hydrogen-bond acceptors (Lipinski definition) is 2. The molecule has 0 spiro atoms. The molecule has 0 aliphatic rings. The Labute approximate surface area is 107 Å². The lowest BCUT2D eigenvalue weighted by Gasteiger charge is -2.06. The lowest BCUT2D eigenvalue weighted by atomic mass is 10.2. The van der Waals surface area contributed by atoms with E-state index < -0.39 is 0 Å². The molecule has 4 heteroatoms. The summed E-state index contributed by atoms with van der Waals surface area (Å²) in [7, 11) is 0. The zero-order chi connectivity index (χ0) is 11.3. The van der Waals surface area contributed by atoms with E-state index in [0.717, 1.165) is 25.1 Å². The molecule has 0 atom stereocenters. The Hall–Kier alpha value is -0.320. The van der Waals surface area contributed by atoms with Gasteiger partial charge < -0.3 is 10.4 Å². The maximum Gasteiger partial charge on any atom is 0.143 e. The Kier molecular flexibility index (Phi) is 5.36. The first-order valence-electron chi connectivity index (χ1n) is 4.63. The molecule has 0 bridgehead atoms. The second kappa shape index (κ2) is 6.30. The van der Waals surface area contributed by atoms with E-state index in [9.17, 15) is 5.11 Å². The van der Waals surface area contributed by atoms with Crippen LogP contribution in [0.3, 0.4) is 0 Å². The minimum absolute atomic E-state index is 0.241. The number of hydrogen-bond donors (Lipinski definition) is 2. The predicted molar refractivity (Wildman–Crippen MR) is 70.0 cm³/mol. The van der Waals surface area contributed by atoms with Gasteiger partial charge in [-0.3, -0.25) is 0 Å². The summed E-state index contributed by atoms with van der Waals surface area (Å²) in [5.41, 5.74) is 1.12. The largest absolute Gasteiger partial charge is 0.506 e. The van der Waals surface area contributed by atoms with Crippen LogP contribution in [0, 0.1) is 0 Å². The third-order valence-electron chi connectivity index (χ3n) is 1.93. The minimum atomic E-state index is 0.241. The molecular weight excluding hydrogens is 322 g/mol. The van der Waals surface area contributed by atoms with Gasteiger partial charge >= 0.3 is 0 Å². The zero-order valence-corrected chi connectivity index (χ0v) is 11.4. The maximum atomic E-state index is 9.51. The molecule has 1 rings (SSSR count). The molecule has 2 N–H and O–H groups in total. The maximum absolute atomic E-state index is 9.51. The molecule has 0 amide bonds. The van der Waals surface area contributed by atoms with Crippen LogP contribution in [0.5, 0.6) is 5.75 Å². The van der Waals surface area contributed by atoms with Crippen molar-refractivity contribution in [3.63, 3.8) is 0 Å². The fraction of sp³-hybridized carbons (Fsp3) is 0.273. The van der Waals surface area contributed by atoms with E-state index in [1.165, 1.54) is 0 Å². The van der Waals surface area contributed by atoms with Gasteiger partial charge in [0.05, 0.1) is 8.95 Å². The first kappa shape index (κ1) is 12.7. The van der Waals surface area contributed by atoms with Gasteiger partial charge in [-0.15, -0.1) is 6.58 Å². The highest BCUT2D eigenvalue weighted by molar-refractivity contribution is 9.11. The quantitative estimate of drug-likeness (QED) is 0.637. The number of phenolic OH excluding ortho intramolecular Hbond substituents is 1. The number of phenols is 1. The van der Waals surface area contributed by atoms with Crippen LogP contribution >= 0.6 is 31.9 Å². The summed E-state index contributed by atoms with van der Waals surface area (Å²) in [6.07, 6.45) is 2.84. The van der Waals surface area contributed by atoms with Crippen LogP contribution < -0.4 is 5.32 Å². The fourth-order valence-electron chi connectivity index (χ4n) is 1.16. The molecule has 0 aliphatic carbocycles. The molecule has 0 saturated heterocycles. The van der Waals surface area contributed by atoms with Crippen molar-refractivity contribution < 1.29 is 5.11 Å². The highest BCUT2D eigenvalue weighted by Crippen LogP contribution is 2.33. The molecule has 15 heavy (non-hydrogen) atoms. The van der Waals surface area contributed by atoms with E-state index in [1.807, 2.05) is 18.2 Å². The van der Waals surface area contributed by atoms with Gasteiger partial charge in [0.25, 0.3) is 0 Å². The molecule has 0 fully saturated rings. The average molecular weight is 335 g/mol. The number of benzene rings is 1. The van der Waals surface area contributed by atoms with Crippen molar-refractivity contribution in [1.82, 2.24) is 5.32 Å². The van der Waals surface area contributed by atoms with Gasteiger partial charge in [-0.05, 0) is 62.5 Å². The van der Waals surface area contributed by atoms with E-state index in [2.05, 4.69) is 43.8 Å². The fourth-order valence-corrected chi connectivity index (χ4v) is 2.44. The first-order chi connectivity index (χ1) is 7.15. The molecule has 0 aliphatic heterocycles. The van der Waals surface area contributed by atoms with Gasteiger partial charge in [0.1, 0.15) is 5.75 Å². The van der Waals surface area contributed by atoms with Crippen molar-refractivity contribution in [2.45, 2.75) is 13.0 Å². The second-order valence-corrected chi connectivity index (χ2v) is 4.87. The number of halogens is 2. The Morgan fingerprint density at radius 2 is 1.93 bits per heavy atom. The highest BCUT2D eigenvalue weighted by atomic mass is 79.9. The third kappa shape index (κ3) is 3.97. The molecule has 0 heterocycles. The summed E-state index contributed by atoms with van der Waals surface area (Å²) < 4.78 is 1.41. The van der Waals surface area contributed by atoms with Gasteiger partial charge in [-0.25, -0.2) is 0 Å². The lowest BCUT2D eigenvalue weighted by molar-refractivity contribution is 0.468. The predicted octanol–water partition coefficient (Wildman–Crippen LogP) is 3.58. The molecule has 1 aromatic rings. The summed E-state index contributed by atoms with van der Waals surface area (Å²) in [4.78, 5) is 0. The SMILES string of the molecule is C=CCCNCc1cc(Br)c(O)c(Br)c1. The summed E-state index contributed by atoms with van der Waals surface area (Å²) in [5.74, 6) is 0.241. The van der Waals surface area contributed by atoms with E-state index in [4.69, 9.17) is 0 Å². The van der Waals surface area contributed by atoms with Crippen LogP contribution in [0.4, 0.5) is 0 Å². The van der Waals surface area contributed by atoms with Crippen molar-refractivity contribution in [2.24, 2.45) is 0 Å². The van der Waals surface area contributed by atoms with Gasteiger partial charge in [0, 0.05) is 6.54 Å². The first-order valence-corrected chi connectivity index (χ1v) is 6.22. The van der Waals surface area contributed by atoms with Gasteiger partial charge in [-0.2, -0.15) is 0 Å². The van der Waals surface area contributed by atoms with Gasteiger partial charge in [-0.1, -0.05) is 6.08 Å². The average Bonchev–Trinajstić information content (AvgIpc) is 2.21. The van der Waals surface area contributed by atoms with Gasteiger partial charge in [0.15, 0.2) is 0 Å². The van der Waals surface area contributed by atoms with Crippen molar-refractivity contribution in [2.75, 3.05) is 6.54 Å². The molecule has 1 aromatic carbocycles. The Morgan fingerprint density at radius 1 is 1.33 bits per heavy atom. The molecule has 2 nitrogen and oxygen atoms in total. The third-order valence-corrected chi connectivity index (χ3v) is 3.14. The molecule has 0 saturated carbocycles. The topological polar surface area (TPSA) is 32.3 Å². The standard InChI is InChI=1S/C11H13Br2NO/c1-2-3-4-14-7-8-5-9(12)11(15)10(13)6-8/h2,5-6,14-15H,1,3-4,7H2. The van der Waals surface area contributed by atoms with E-state index in [0.29, 0.717) is 8.95 Å². The van der Waals surface area contributed by atoms with Crippen LogP contribution in [0.25, 0.3) is 0 Å². The van der Waals surface area contributed by atoms with Crippen LogP contribution in [0.2, 0.25) is 0 Å². The van der Waals surface area contributed by atoms with Crippen molar-refractivity contribution >= 4 is 31.9 Å². The van der Waals surface area contributed by atoms with E-state index in [1.54, 1.807) is 0 Å². The van der Waals surface area contributed by atoms with Crippen molar-refractivity contribution in [3.8, 4) is 5.75 Å². The van der Waals surface area contributed by atoms with Crippen LogP contribution in [0.1, 0.15) is 12.0 Å². The van der Waals surface area contributed by atoms with Gasteiger partial charge in [0.2, 0.25) is 0 Å². The zero-order valence-electron chi connectivity index (χ0n) is 8.26. The lowest BCUT2D eigenvalue weighted by Crippen LogP contribution is -2.13. The summed E-state index contributed by atoms with van der Waals surface area (Å²) in [6.45, 7) is 5.36. The highest BCUT2D eigenvalue weighted by Gasteiger charge is 2.05. The van der Waals surface area contributed by atoms with E-state index >= 15 is 0 Å². The number of rotatable bonds is 5. The molecule has 82 valence electrons. The Morgan fingerprint density at radius 3 is 2.47 bits per heavy atom. The van der Waals surface area contributed by atoms with E-state index in [-0.39, 0.29) is 5.75 Å². The number of aromatic hydroxyl groups is 1. The van der Waals surface area contributed by atoms with Crippen molar-refractivity contribution in [3.05, 3.63) is 39.3 Å².